The molecule has 0 saturated heterocycles. The van der Waals surface area contributed by atoms with Crippen LogP contribution in [-0.4, -0.2) is 29.8 Å². The van der Waals surface area contributed by atoms with Crippen molar-refractivity contribution < 1.29 is 0 Å². The Bertz CT molecular complexity index is 585. The highest BCUT2D eigenvalue weighted by Gasteiger charge is 2.51. The maximum atomic E-state index is 6.02. The number of aromatic nitrogens is 4. The van der Waals surface area contributed by atoms with Crippen LogP contribution in [0.3, 0.4) is 0 Å². The number of nitrogens with zero attached hydrogens (tertiary/aromatic N) is 4. The van der Waals surface area contributed by atoms with Crippen LogP contribution in [0.4, 0.5) is 0 Å². The summed E-state index contributed by atoms with van der Waals surface area (Å²) in [5, 5.41) is 9.31. The van der Waals surface area contributed by atoms with Crippen LogP contribution in [-0.2, 0) is 7.05 Å². The highest BCUT2D eigenvalue weighted by molar-refractivity contribution is 7.99. The molecule has 1 aliphatic carbocycles. The van der Waals surface area contributed by atoms with E-state index in [1.54, 1.807) is 24.2 Å². The molecule has 100 valence electrons. The van der Waals surface area contributed by atoms with E-state index in [9.17, 15) is 0 Å². The van der Waals surface area contributed by atoms with Gasteiger partial charge in [0.05, 0.1) is 0 Å². The molecule has 1 fully saturated rings. The molecule has 0 bridgehead atoms. The lowest BCUT2D eigenvalue weighted by Crippen LogP contribution is -1.98. The van der Waals surface area contributed by atoms with Crippen molar-refractivity contribution >= 4 is 35.0 Å². The molecule has 0 spiro atoms. The predicted molar refractivity (Wildman–Crippen MR) is 77.5 cm³/mol. The first-order chi connectivity index (χ1) is 9.08. The molecule has 7 heteroatoms. The number of thioether (sulfide) groups is 1. The summed E-state index contributed by atoms with van der Waals surface area (Å²) < 4.78 is 1.45. The Morgan fingerprint density at radius 1 is 1.37 bits per heavy atom. The minimum atomic E-state index is -0.528. The minimum absolute atomic E-state index is 0.349. The van der Waals surface area contributed by atoms with Crippen molar-refractivity contribution in [3.8, 4) is 11.4 Å². The lowest BCUT2D eigenvalue weighted by Gasteiger charge is -2.03. The first-order valence-corrected chi connectivity index (χ1v) is 7.62. The molecule has 0 radical (unpaired) electrons. The van der Waals surface area contributed by atoms with Crippen molar-refractivity contribution in [2.75, 3.05) is 5.75 Å². The van der Waals surface area contributed by atoms with Gasteiger partial charge in [-0.1, -0.05) is 11.8 Å². The fraction of sp³-hybridized carbons (Fsp3) is 0.417. The molecule has 0 unspecified atom stereocenters. The molecule has 1 saturated carbocycles. The van der Waals surface area contributed by atoms with E-state index < -0.39 is 4.33 Å². The largest absolute Gasteiger partial charge is 0.305 e. The van der Waals surface area contributed by atoms with Crippen molar-refractivity contribution in [3.63, 3.8) is 0 Å². The maximum Gasteiger partial charge on any atom is 0.191 e. The Kier molecular flexibility index (Phi) is 3.45. The average Bonchev–Trinajstić information content (AvgIpc) is 2.85. The minimum Gasteiger partial charge on any atom is -0.305 e. The third-order valence-electron chi connectivity index (χ3n) is 3.14. The number of alkyl halides is 2. The zero-order valence-electron chi connectivity index (χ0n) is 10.3. The summed E-state index contributed by atoms with van der Waals surface area (Å²) in [6.07, 6.45) is 4.35. The summed E-state index contributed by atoms with van der Waals surface area (Å²) in [5.74, 6) is 2.06. The van der Waals surface area contributed by atoms with E-state index in [0.29, 0.717) is 5.92 Å². The topological polar surface area (TPSA) is 43.6 Å². The van der Waals surface area contributed by atoms with E-state index in [0.717, 1.165) is 28.7 Å². The molecule has 0 N–H and O–H groups in total. The van der Waals surface area contributed by atoms with E-state index >= 15 is 0 Å². The highest BCUT2D eigenvalue weighted by Crippen LogP contribution is 2.54. The Balaban J connectivity index is 1.73. The van der Waals surface area contributed by atoms with E-state index in [2.05, 4.69) is 15.2 Å². The van der Waals surface area contributed by atoms with Gasteiger partial charge in [0.1, 0.15) is 4.33 Å². The van der Waals surface area contributed by atoms with Crippen LogP contribution in [0.5, 0.6) is 0 Å². The van der Waals surface area contributed by atoms with Crippen LogP contribution < -0.4 is 0 Å². The Labute approximate surface area is 125 Å². The molecule has 4 nitrogen and oxygen atoms in total. The van der Waals surface area contributed by atoms with E-state index in [4.69, 9.17) is 23.2 Å². The molecule has 1 aliphatic rings. The first-order valence-electron chi connectivity index (χ1n) is 5.88. The molecule has 0 aliphatic heterocycles. The zero-order valence-corrected chi connectivity index (χ0v) is 12.6. The van der Waals surface area contributed by atoms with Gasteiger partial charge in [0.2, 0.25) is 0 Å². The normalized spacial score (nSPS) is 20.5. The van der Waals surface area contributed by atoms with Gasteiger partial charge in [-0.3, -0.25) is 4.98 Å². The lowest BCUT2D eigenvalue weighted by atomic mass is 10.2. The van der Waals surface area contributed by atoms with Crippen molar-refractivity contribution in [1.29, 1.82) is 0 Å². The van der Waals surface area contributed by atoms with Gasteiger partial charge in [0.15, 0.2) is 11.0 Å². The van der Waals surface area contributed by atoms with Crippen molar-refractivity contribution in [3.05, 3.63) is 24.5 Å². The Morgan fingerprint density at radius 3 is 2.68 bits per heavy atom. The molecule has 0 amide bonds. The van der Waals surface area contributed by atoms with E-state index in [1.807, 2.05) is 23.7 Å². The van der Waals surface area contributed by atoms with Gasteiger partial charge in [-0.15, -0.1) is 33.4 Å². The number of halogens is 2. The standard InChI is InChI=1S/C12H12Cl2N4S/c1-18-10(8-2-4-15-5-3-8)16-17-11(18)19-7-9-6-12(9,13)14/h2-5,9H,6-7H2,1H3/t9-/m0/s1. The molecule has 2 aromatic rings. The first kappa shape index (κ1) is 13.2. The summed E-state index contributed by atoms with van der Waals surface area (Å²) >= 11 is 13.7. The van der Waals surface area contributed by atoms with E-state index in [-0.39, 0.29) is 0 Å². The molecule has 19 heavy (non-hydrogen) atoms. The predicted octanol–water partition coefficient (Wildman–Crippen LogP) is 3.16. The zero-order chi connectivity index (χ0) is 13.5. The average molecular weight is 315 g/mol. The third-order valence-corrected chi connectivity index (χ3v) is 5.25. The van der Waals surface area contributed by atoms with Crippen LogP contribution in [0.1, 0.15) is 6.42 Å². The Morgan fingerprint density at radius 2 is 2.05 bits per heavy atom. The van der Waals surface area contributed by atoms with E-state index in [1.165, 1.54) is 0 Å². The van der Waals surface area contributed by atoms with Gasteiger partial charge < -0.3 is 4.57 Å². The second kappa shape index (κ2) is 4.96. The fourth-order valence-electron chi connectivity index (χ4n) is 1.82. The molecular formula is C12H12Cl2N4S. The molecule has 2 heterocycles. The van der Waals surface area contributed by atoms with Crippen LogP contribution >= 0.6 is 35.0 Å². The second-order valence-electron chi connectivity index (χ2n) is 4.57. The summed E-state index contributed by atoms with van der Waals surface area (Å²) in [6.45, 7) is 0. The van der Waals surface area contributed by atoms with Crippen molar-refractivity contribution in [2.24, 2.45) is 13.0 Å². The van der Waals surface area contributed by atoms with Gasteiger partial charge in [-0.2, -0.15) is 0 Å². The quantitative estimate of drug-likeness (QED) is 0.642. The fourth-order valence-corrected chi connectivity index (χ4v) is 3.66. The number of hydrogen-bond acceptors (Lipinski definition) is 4. The van der Waals surface area contributed by atoms with Crippen LogP contribution in [0, 0.1) is 5.92 Å². The third kappa shape index (κ3) is 2.73. The Hall–Kier alpha value is -0.780. The molecule has 1 atom stereocenters. The van der Waals surface area contributed by atoms with Crippen molar-refractivity contribution in [1.82, 2.24) is 19.7 Å². The van der Waals surface area contributed by atoms with Crippen molar-refractivity contribution in [2.45, 2.75) is 15.9 Å². The van der Waals surface area contributed by atoms with Gasteiger partial charge in [-0.05, 0) is 18.6 Å². The summed E-state index contributed by atoms with van der Waals surface area (Å²) in [7, 11) is 1.96. The number of pyridine rings is 1. The van der Waals surface area contributed by atoms with Crippen LogP contribution in [0.2, 0.25) is 0 Å². The van der Waals surface area contributed by atoms with Crippen LogP contribution in [0.15, 0.2) is 29.7 Å². The summed E-state index contributed by atoms with van der Waals surface area (Å²) in [5.41, 5.74) is 1.01. The lowest BCUT2D eigenvalue weighted by molar-refractivity contribution is 0.791. The van der Waals surface area contributed by atoms with Gasteiger partial charge in [0.25, 0.3) is 0 Å². The second-order valence-corrected chi connectivity index (χ2v) is 7.10. The molecular weight excluding hydrogens is 303 g/mol. The SMILES string of the molecule is Cn1c(SC[C@@H]2CC2(Cl)Cl)nnc1-c1ccncc1. The molecule has 3 rings (SSSR count). The highest BCUT2D eigenvalue weighted by atomic mass is 35.5. The van der Waals surface area contributed by atoms with Gasteiger partial charge >= 0.3 is 0 Å². The van der Waals surface area contributed by atoms with Gasteiger partial charge in [0, 0.05) is 36.7 Å². The molecule has 2 aromatic heterocycles. The summed E-state index contributed by atoms with van der Waals surface area (Å²) in [4.78, 5) is 4.00. The van der Waals surface area contributed by atoms with Gasteiger partial charge in [-0.25, -0.2) is 0 Å². The van der Waals surface area contributed by atoms with Crippen LogP contribution in [0.25, 0.3) is 11.4 Å². The summed E-state index contributed by atoms with van der Waals surface area (Å²) in [6, 6.07) is 3.84. The number of rotatable bonds is 4. The monoisotopic (exact) mass is 314 g/mol. The maximum absolute atomic E-state index is 6.02. The molecule has 0 aromatic carbocycles. The number of hydrogen-bond donors (Lipinski definition) is 0. The smallest absolute Gasteiger partial charge is 0.191 e.